The van der Waals surface area contributed by atoms with E-state index in [9.17, 15) is 14.3 Å². The lowest BCUT2D eigenvalue weighted by Crippen LogP contribution is -2.37. The van der Waals surface area contributed by atoms with Crippen LogP contribution in [0.25, 0.3) is 0 Å². The molecule has 1 fully saturated rings. The van der Waals surface area contributed by atoms with Crippen LogP contribution in [0.5, 0.6) is 11.5 Å². The van der Waals surface area contributed by atoms with Crippen molar-refractivity contribution in [2.75, 3.05) is 48.6 Å². The van der Waals surface area contributed by atoms with Gasteiger partial charge in [-0.1, -0.05) is 29.8 Å². The molecule has 37 heavy (non-hydrogen) atoms. The van der Waals surface area contributed by atoms with Crippen molar-refractivity contribution in [3.05, 3.63) is 63.0 Å². The summed E-state index contributed by atoms with van der Waals surface area (Å²) < 4.78 is 25.4. The van der Waals surface area contributed by atoms with E-state index >= 15 is 0 Å². The molecule has 0 saturated carbocycles. The SMILES string of the molecule is Cc1ccccc1NC(=O)COc1c(Br)cc(/C=N\Nc2ncc(F)c(N3CCOCC3)n2)c(O)c1Cl. The number of morpholine rings is 1. The highest BCUT2D eigenvalue weighted by atomic mass is 79.9. The smallest absolute Gasteiger partial charge is 0.262 e. The summed E-state index contributed by atoms with van der Waals surface area (Å²) in [6.45, 7) is 3.54. The lowest BCUT2D eigenvalue weighted by Gasteiger charge is -2.27. The largest absolute Gasteiger partial charge is 0.506 e. The Labute approximate surface area is 225 Å². The molecule has 13 heteroatoms. The zero-order chi connectivity index (χ0) is 26.4. The molecule has 1 amide bonds. The number of aromatic nitrogens is 2. The summed E-state index contributed by atoms with van der Waals surface area (Å²) in [4.78, 5) is 22.1. The van der Waals surface area contributed by atoms with Crippen molar-refractivity contribution in [3.8, 4) is 11.5 Å². The van der Waals surface area contributed by atoms with Crippen LogP contribution in [0, 0.1) is 12.7 Å². The van der Waals surface area contributed by atoms with E-state index in [2.05, 4.69) is 41.7 Å². The van der Waals surface area contributed by atoms with Gasteiger partial charge in [0.1, 0.15) is 10.8 Å². The zero-order valence-electron chi connectivity index (χ0n) is 19.7. The molecule has 3 aromatic rings. The third-order valence-electron chi connectivity index (χ3n) is 5.35. The third kappa shape index (κ3) is 6.64. The number of benzene rings is 2. The number of phenols is 1. The topological polar surface area (TPSA) is 121 Å². The molecule has 0 atom stereocenters. The molecule has 0 aliphatic carbocycles. The summed E-state index contributed by atoms with van der Waals surface area (Å²) in [5.41, 5.74) is 4.45. The van der Waals surface area contributed by atoms with Gasteiger partial charge in [-0.25, -0.2) is 14.8 Å². The number of nitrogens with one attached hydrogen (secondary N) is 2. The Hall–Kier alpha value is -3.48. The van der Waals surface area contributed by atoms with Gasteiger partial charge in [0.05, 0.1) is 30.1 Å². The van der Waals surface area contributed by atoms with Crippen LogP contribution in [0.4, 0.5) is 21.8 Å². The summed E-state index contributed by atoms with van der Waals surface area (Å²) in [7, 11) is 0. The van der Waals surface area contributed by atoms with Gasteiger partial charge in [0.15, 0.2) is 24.0 Å². The molecule has 3 N–H and O–H groups in total. The Kier molecular flexibility index (Phi) is 8.74. The molecule has 0 bridgehead atoms. The van der Waals surface area contributed by atoms with Crippen LogP contribution < -0.4 is 20.4 Å². The molecule has 0 unspecified atom stereocenters. The van der Waals surface area contributed by atoms with Gasteiger partial charge in [-0.2, -0.15) is 10.1 Å². The van der Waals surface area contributed by atoms with Crippen LogP contribution >= 0.6 is 27.5 Å². The number of hydrogen-bond donors (Lipinski definition) is 3. The molecule has 2 heterocycles. The van der Waals surface area contributed by atoms with Gasteiger partial charge in [-0.05, 0) is 40.5 Å². The van der Waals surface area contributed by atoms with E-state index in [1.54, 1.807) is 11.0 Å². The fourth-order valence-corrected chi connectivity index (χ4v) is 4.38. The fourth-order valence-electron chi connectivity index (χ4n) is 3.45. The fraction of sp³-hybridized carbons (Fsp3) is 0.250. The number of phenolic OH excluding ortho intramolecular Hbond substituents is 1. The minimum Gasteiger partial charge on any atom is -0.506 e. The second-order valence-electron chi connectivity index (χ2n) is 7.93. The second kappa shape index (κ2) is 12.2. The maximum atomic E-state index is 14.2. The van der Waals surface area contributed by atoms with Gasteiger partial charge in [-0.3, -0.25) is 4.79 Å². The minimum absolute atomic E-state index is 0.0726. The highest BCUT2D eigenvalue weighted by molar-refractivity contribution is 9.10. The standard InChI is InChI=1S/C24H23BrClFN6O4/c1-14-4-2-3-5-18(14)30-19(34)13-37-22-16(25)10-15(21(35)20(22)26)11-29-32-24-28-12-17(27)23(31-24)33-6-8-36-9-7-33/h2-5,10-12,35H,6-9,13H2,1H3,(H,30,34)(H,28,31,32)/b29-11-. The van der Waals surface area contributed by atoms with Crippen LogP contribution in [-0.4, -0.2) is 60.1 Å². The summed E-state index contributed by atoms with van der Waals surface area (Å²) in [6, 6.07) is 8.87. The molecule has 1 aromatic heterocycles. The number of aromatic hydroxyl groups is 1. The Morgan fingerprint density at radius 2 is 2.14 bits per heavy atom. The van der Waals surface area contributed by atoms with Crippen LogP contribution in [-0.2, 0) is 9.53 Å². The molecule has 10 nitrogen and oxygen atoms in total. The van der Waals surface area contributed by atoms with Crippen LogP contribution in [0.15, 0.2) is 46.1 Å². The van der Waals surface area contributed by atoms with Gasteiger partial charge in [0.25, 0.3) is 5.91 Å². The Bertz CT molecular complexity index is 1320. The first-order chi connectivity index (χ1) is 17.8. The highest BCUT2D eigenvalue weighted by Crippen LogP contribution is 2.41. The molecule has 194 valence electrons. The number of nitrogens with zero attached hydrogens (tertiary/aromatic N) is 4. The van der Waals surface area contributed by atoms with Gasteiger partial charge in [0, 0.05) is 24.3 Å². The van der Waals surface area contributed by atoms with E-state index in [1.807, 2.05) is 25.1 Å². The molecular weight excluding hydrogens is 571 g/mol. The average molecular weight is 594 g/mol. The van der Waals surface area contributed by atoms with Crippen molar-refractivity contribution in [2.45, 2.75) is 6.92 Å². The Morgan fingerprint density at radius 1 is 1.38 bits per heavy atom. The third-order valence-corrected chi connectivity index (χ3v) is 6.29. The van der Waals surface area contributed by atoms with Crippen molar-refractivity contribution in [1.29, 1.82) is 0 Å². The molecule has 4 rings (SSSR count). The Morgan fingerprint density at radius 3 is 2.89 bits per heavy atom. The van der Waals surface area contributed by atoms with Gasteiger partial charge in [-0.15, -0.1) is 0 Å². The van der Waals surface area contributed by atoms with Crippen molar-refractivity contribution in [1.82, 2.24) is 9.97 Å². The number of amides is 1. The predicted molar refractivity (Wildman–Crippen MR) is 142 cm³/mol. The lowest BCUT2D eigenvalue weighted by atomic mass is 10.2. The first-order valence-electron chi connectivity index (χ1n) is 11.2. The maximum absolute atomic E-state index is 14.2. The molecular formula is C24H23BrClFN6O4. The molecule has 0 spiro atoms. The molecule has 2 aromatic carbocycles. The number of carbonyl (C=O) groups is 1. The van der Waals surface area contributed by atoms with E-state index in [4.69, 9.17) is 21.1 Å². The molecule has 1 aliphatic rings. The van der Waals surface area contributed by atoms with Crippen molar-refractivity contribution in [2.24, 2.45) is 5.10 Å². The molecule has 1 aliphatic heterocycles. The normalized spacial score (nSPS) is 13.6. The first-order valence-corrected chi connectivity index (χ1v) is 12.3. The van der Waals surface area contributed by atoms with Gasteiger partial charge >= 0.3 is 0 Å². The van der Waals surface area contributed by atoms with Crippen molar-refractivity contribution in [3.63, 3.8) is 0 Å². The number of ether oxygens (including phenoxy) is 2. The summed E-state index contributed by atoms with van der Waals surface area (Å²) in [5.74, 6) is -0.920. The number of halogens is 3. The number of rotatable bonds is 8. The van der Waals surface area contributed by atoms with E-state index in [0.717, 1.165) is 11.8 Å². The second-order valence-corrected chi connectivity index (χ2v) is 9.16. The number of para-hydroxylation sites is 1. The predicted octanol–water partition coefficient (Wildman–Crippen LogP) is 4.35. The zero-order valence-corrected chi connectivity index (χ0v) is 22.0. The minimum atomic E-state index is -0.548. The average Bonchev–Trinajstić information content (AvgIpc) is 2.89. The molecule has 1 saturated heterocycles. The van der Waals surface area contributed by atoms with Crippen LogP contribution in [0.3, 0.4) is 0 Å². The van der Waals surface area contributed by atoms with E-state index in [1.165, 1.54) is 12.3 Å². The quantitative estimate of drug-likeness (QED) is 0.261. The number of hydrazone groups is 1. The maximum Gasteiger partial charge on any atom is 0.262 e. The van der Waals surface area contributed by atoms with Crippen molar-refractivity contribution >= 4 is 57.1 Å². The summed E-state index contributed by atoms with van der Waals surface area (Å²) in [5, 5.41) is 17.2. The summed E-state index contributed by atoms with van der Waals surface area (Å²) >= 11 is 9.63. The van der Waals surface area contributed by atoms with Crippen LogP contribution in [0.1, 0.15) is 11.1 Å². The first kappa shape index (κ1) is 26.6. The number of carbonyl (C=O) groups excluding carboxylic acids is 1. The highest BCUT2D eigenvalue weighted by Gasteiger charge is 2.19. The van der Waals surface area contributed by atoms with E-state index in [0.29, 0.717) is 36.5 Å². The summed E-state index contributed by atoms with van der Waals surface area (Å²) in [6.07, 6.45) is 2.35. The number of hydrogen-bond acceptors (Lipinski definition) is 9. The van der Waals surface area contributed by atoms with Gasteiger partial charge in [0.2, 0.25) is 5.95 Å². The monoisotopic (exact) mass is 592 g/mol. The Balaban J connectivity index is 1.41. The van der Waals surface area contributed by atoms with Crippen LogP contribution in [0.2, 0.25) is 5.02 Å². The number of aryl methyl sites for hydroxylation is 1. The van der Waals surface area contributed by atoms with Gasteiger partial charge < -0.3 is 24.8 Å². The lowest BCUT2D eigenvalue weighted by molar-refractivity contribution is -0.118. The molecule has 0 radical (unpaired) electrons. The number of anilines is 3. The van der Waals surface area contributed by atoms with E-state index < -0.39 is 5.82 Å². The van der Waals surface area contributed by atoms with Crippen molar-refractivity contribution < 1.29 is 23.8 Å². The van der Waals surface area contributed by atoms with E-state index in [-0.39, 0.29) is 46.4 Å².